The molecule has 0 spiro atoms. The number of hydrogen-bond donors (Lipinski definition) is 1. The van der Waals surface area contributed by atoms with Crippen molar-refractivity contribution in [2.45, 2.75) is 71.3 Å². The van der Waals surface area contributed by atoms with Gasteiger partial charge in [-0.2, -0.15) is 0 Å². The Kier molecular flexibility index (Phi) is 6.59. The molecule has 1 atom stereocenters. The lowest BCUT2D eigenvalue weighted by atomic mass is 9.88. The van der Waals surface area contributed by atoms with Crippen LogP contribution in [0, 0.1) is 12.8 Å². The van der Waals surface area contributed by atoms with E-state index in [9.17, 15) is 0 Å². The Hall–Kier alpha value is -0.820. The second-order valence-electron chi connectivity index (χ2n) is 6.44. The number of rotatable bonds is 6. The Labute approximate surface area is 125 Å². The van der Waals surface area contributed by atoms with E-state index in [-0.39, 0.29) is 0 Å². The zero-order chi connectivity index (χ0) is 14.2. The van der Waals surface area contributed by atoms with Gasteiger partial charge in [-0.3, -0.25) is 0 Å². The molecule has 112 valence electrons. The molecule has 1 N–H and O–H groups in total. The average molecular weight is 273 g/mol. The third kappa shape index (κ3) is 4.94. The third-order valence-corrected chi connectivity index (χ3v) is 4.80. The Bertz CT molecular complexity index is 360. The Morgan fingerprint density at radius 3 is 2.30 bits per heavy atom. The predicted octanol–water partition coefficient (Wildman–Crippen LogP) is 4.88. The van der Waals surface area contributed by atoms with Crippen molar-refractivity contribution in [1.29, 1.82) is 0 Å². The Morgan fingerprint density at radius 2 is 1.70 bits per heavy atom. The maximum absolute atomic E-state index is 3.76. The maximum Gasteiger partial charge on any atom is 0.00983 e. The first-order valence-electron chi connectivity index (χ1n) is 8.58. The van der Waals surface area contributed by atoms with Gasteiger partial charge in [0.2, 0.25) is 0 Å². The lowest BCUT2D eigenvalue weighted by Gasteiger charge is -2.27. The van der Waals surface area contributed by atoms with Gasteiger partial charge in [-0.15, -0.1) is 0 Å². The van der Waals surface area contributed by atoms with E-state index < -0.39 is 0 Å². The molecule has 1 saturated carbocycles. The molecule has 0 bridgehead atoms. The summed E-state index contributed by atoms with van der Waals surface area (Å²) in [5.41, 5.74) is 2.85. The molecule has 1 fully saturated rings. The highest BCUT2D eigenvalue weighted by molar-refractivity contribution is 5.21. The molecule has 1 unspecified atom stereocenters. The van der Waals surface area contributed by atoms with Crippen LogP contribution in [0.25, 0.3) is 0 Å². The van der Waals surface area contributed by atoms with Crippen LogP contribution in [0.5, 0.6) is 0 Å². The molecule has 2 rings (SSSR count). The highest BCUT2D eigenvalue weighted by Gasteiger charge is 2.21. The lowest BCUT2D eigenvalue weighted by Crippen LogP contribution is -2.36. The van der Waals surface area contributed by atoms with Crippen molar-refractivity contribution < 1.29 is 0 Å². The van der Waals surface area contributed by atoms with Gasteiger partial charge in [-0.25, -0.2) is 0 Å². The fourth-order valence-electron chi connectivity index (χ4n) is 3.56. The van der Waals surface area contributed by atoms with Gasteiger partial charge in [0.1, 0.15) is 0 Å². The van der Waals surface area contributed by atoms with Crippen LogP contribution in [0.15, 0.2) is 24.3 Å². The molecule has 0 amide bonds. The molecule has 20 heavy (non-hydrogen) atoms. The number of aryl methyl sites for hydroxylation is 2. The normalized spacial score (nSPS) is 18.7. The average Bonchev–Trinajstić information content (AvgIpc) is 2.74. The minimum absolute atomic E-state index is 0.722. The van der Waals surface area contributed by atoms with Gasteiger partial charge < -0.3 is 5.32 Å². The van der Waals surface area contributed by atoms with Crippen LogP contribution in [0.1, 0.15) is 63.0 Å². The van der Waals surface area contributed by atoms with E-state index in [1.807, 2.05) is 0 Å². The highest BCUT2D eigenvalue weighted by atomic mass is 14.9. The van der Waals surface area contributed by atoms with Gasteiger partial charge in [0.05, 0.1) is 0 Å². The molecule has 0 aromatic heterocycles. The zero-order valence-electron chi connectivity index (χ0n) is 13.3. The van der Waals surface area contributed by atoms with Gasteiger partial charge >= 0.3 is 0 Å². The van der Waals surface area contributed by atoms with Gasteiger partial charge in [0, 0.05) is 6.04 Å². The molecule has 1 aromatic rings. The first-order valence-corrected chi connectivity index (χ1v) is 8.58. The molecular weight excluding hydrogens is 242 g/mol. The molecule has 0 aliphatic heterocycles. The summed E-state index contributed by atoms with van der Waals surface area (Å²) in [6.07, 6.45) is 11.2. The van der Waals surface area contributed by atoms with Crippen LogP contribution >= 0.6 is 0 Å². The van der Waals surface area contributed by atoms with E-state index in [1.165, 1.54) is 62.5 Å². The molecular formula is C19H31N. The molecule has 1 aliphatic rings. The van der Waals surface area contributed by atoms with E-state index in [2.05, 4.69) is 43.4 Å². The van der Waals surface area contributed by atoms with E-state index in [1.54, 1.807) is 0 Å². The lowest BCUT2D eigenvalue weighted by molar-refractivity contribution is 0.308. The van der Waals surface area contributed by atoms with Crippen LogP contribution in [0.2, 0.25) is 0 Å². The van der Waals surface area contributed by atoms with E-state index in [0.717, 1.165) is 18.5 Å². The molecule has 0 heterocycles. The molecule has 1 nitrogen and oxygen atoms in total. The summed E-state index contributed by atoms with van der Waals surface area (Å²) < 4.78 is 0. The summed E-state index contributed by atoms with van der Waals surface area (Å²) in [6, 6.07) is 9.79. The van der Waals surface area contributed by atoms with Crippen molar-refractivity contribution in [2.75, 3.05) is 6.54 Å². The second-order valence-corrected chi connectivity index (χ2v) is 6.44. The molecule has 0 saturated heterocycles. The van der Waals surface area contributed by atoms with E-state index in [0.29, 0.717) is 0 Å². The van der Waals surface area contributed by atoms with Gasteiger partial charge in [-0.1, -0.05) is 62.4 Å². The summed E-state index contributed by atoms with van der Waals surface area (Å²) in [5.74, 6) is 0.905. The Morgan fingerprint density at radius 1 is 1.05 bits per heavy atom. The van der Waals surface area contributed by atoms with E-state index >= 15 is 0 Å². The van der Waals surface area contributed by atoms with Crippen LogP contribution in [0.3, 0.4) is 0 Å². The smallest absolute Gasteiger partial charge is 0.00983 e. The third-order valence-electron chi connectivity index (χ3n) is 4.80. The monoisotopic (exact) mass is 273 g/mol. The topological polar surface area (TPSA) is 12.0 Å². The highest BCUT2D eigenvalue weighted by Crippen LogP contribution is 2.27. The molecule has 1 heteroatoms. The first-order chi connectivity index (χ1) is 9.79. The minimum Gasteiger partial charge on any atom is -0.314 e. The van der Waals surface area contributed by atoms with Crippen LogP contribution in [-0.4, -0.2) is 12.6 Å². The van der Waals surface area contributed by atoms with E-state index in [4.69, 9.17) is 0 Å². The number of nitrogens with one attached hydrogen (secondary N) is 1. The summed E-state index contributed by atoms with van der Waals surface area (Å²) in [7, 11) is 0. The van der Waals surface area contributed by atoms with Crippen molar-refractivity contribution >= 4 is 0 Å². The fraction of sp³-hybridized carbons (Fsp3) is 0.684. The molecule has 0 radical (unpaired) electrons. The van der Waals surface area contributed by atoms with Crippen LogP contribution in [0.4, 0.5) is 0 Å². The second kappa shape index (κ2) is 8.46. The maximum atomic E-state index is 3.76. The molecule has 1 aromatic carbocycles. The Balaban J connectivity index is 1.89. The first kappa shape index (κ1) is 15.6. The summed E-state index contributed by atoms with van der Waals surface area (Å²) in [6.45, 7) is 5.52. The summed E-state index contributed by atoms with van der Waals surface area (Å²) in [4.78, 5) is 0. The van der Waals surface area contributed by atoms with Gasteiger partial charge in [0.15, 0.2) is 0 Å². The quantitative estimate of drug-likeness (QED) is 0.729. The van der Waals surface area contributed by atoms with Crippen molar-refractivity contribution in [1.82, 2.24) is 5.32 Å². The summed E-state index contributed by atoms with van der Waals surface area (Å²) in [5, 5.41) is 3.76. The number of benzene rings is 1. The van der Waals surface area contributed by atoms with Crippen molar-refractivity contribution in [3.8, 4) is 0 Å². The predicted molar refractivity (Wildman–Crippen MR) is 88.2 cm³/mol. The van der Waals surface area contributed by atoms with Gasteiger partial charge in [-0.05, 0) is 50.6 Å². The standard InChI is InChI=1S/C19H31N/c1-3-20-19(18-8-6-4-5-7-9-18)15-14-17-12-10-16(2)11-13-17/h10-13,18-20H,3-9,14-15H2,1-2H3. The summed E-state index contributed by atoms with van der Waals surface area (Å²) >= 11 is 0. The number of hydrogen-bond acceptors (Lipinski definition) is 1. The largest absolute Gasteiger partial charge is 0.314 e. The SMILES string of the molecule is CCNC(CCc1ccc(C)cc1)C1CCCCCC1. The van der Waals surface area contributed by atoms with Crippen molar-refractivity contribution in [3.63, 3.8) is 0 Å². The van der Waals surface area contributed by atoms with Gasteiger partial charge in [0.25, 0.3) is 0 Å². The zero-order valence-corrected chi connectivity index (χ0v) is 13.3. The molecule has 1 aliphatic carbocycles. The van der Waals surface area contributed by atoms with Crippen molar-refractivity contribution in [3.05, 3.63) is 35.4 Å². The minimum atomic E-state index is 0.722. The van der Waals surface area contributed by atoms with Crippen LogP contribution in [-0.2, 0) is 6.42 Å². The van der Waals surface area contributed by atoms with Crippen molar-refractivity contribution in [2.24, 2.45) is 5.92 Å². The fourth-order valence-corrected chi connectivity index (χ4v) is 3.56. The van der Waals surface area contributed by atoms with Crippen LogP contribution < -0.4 is 5.32 Å².